The van der Waals surface area contributed by atoms with Crippen LogP contribution in [0.4, 0.5) is 0 Å². The highest BCUT2D eigenvalue weighted by atomic mass is 16.2. The van der Waals surface area contributed by atoms with E-state index in [9.17, 15) is 4.79 Å². The molecule has 1 saturated carbocycles. The van der Waals surface area contributed by atoms with E-state index < -0.39 is 12.1 Å². The molecule has 2 N–H and O–H groups in total. The van der Waals surface area contributed by atoms with Gasteiger partial charge in [0.2, 0.25) is 0 Å². The largest absolute Gasteiger partial charge is 0.320 e. The molecule has 5 heteroatoms. The fourth-order valence-corrected chi connectivity index (χ4v) is 2.79. The van der Waals surface area contributed by atoms with Crippen molar-refractivity contribution in [1.82, 2.24) is 5.01 Å². The number of amides is 1. The molecular formula is C13H20N4O. The maximum absolute atomic E-state index is 12.1. The molecule has 0 aromatic rings. The van der Waals surface area contributed by atoms with Crippen LogP contribution in [-0.2, 0) is 4.79 Å². The number of carbonyl (C=O) groups excluding carboxylic acids is 1. The van der Waals surface area contributed by atoms with Crippen molar-refractivity contribution in [3.8, 4) is 6.07 Å². The van der Waals surface area contributed by atoms with Gasteiger partial charge in [0.15, 0.2) is 0 Å². The van der Waals surface area contributed by atoms with E-state index in [4.69, 9.17) is 11.0 Å². The lowest BCUT2D eigenvalue weighted by Gasteiger charge is -2.26. The van der Waals surface area contributed by atoms with Crippen molar-refractivity contribution in [2.45, 2.75) is 57.0 Å². The van der Waals surface area contributed by atoms with Crippen molar-refractivity contribution >= 4 is 12.1 Å². The Hall–Kier alpha value is -1.41. The van der Waals surface area contributed by atoms with Crippen molar-refractivity contribution in [3.05, 3.63) is 0 Å². The SMILES string of the molecule is N#C[C@@H]1CC=NN1C(=O)[C@@H](N)CC1CCCCC1. The molecule has 1 aliphatic carbocycles. The summed E-state index contributed by atoms with van der Waals surface area (Å²) in [5.41, 5.74) is 5.97. The van der Waals surface area contributed by atoms with Gasteiger partial charge < -0.3 is 5.73 Å². The van der Waals surface area contributed by atoms with Crippen LogP contribution in [-0.4, -0.2) is 29.2 Å². The second-order valence-corrected chi connectivity index (χ2v) is 5.21. The van der Waals surface area contributed by atoms with E-state index in [2.05, 4.69) is 11.2 Å². The summed E-state index contributed by atoms with van der Waals surface area (Å²) in [5.74, 6) is 0.352. The fraction of sp³-hybridized carbons (Fsp3) is 0.769. The van der Waals surface area contributed by atoms with Gasteiger partial charge in [0.1, 0.15) is 6.04 Å². The molecule has 5 nitrogen and oxygen atoms in total. The lowest BCUT2D eigenvalue weighted by atomic mass is 9.85. The van der Waals surface area contributed by atoms with Crippen LogP contribution in [0.3, 0.4) is 0 Å². The number of rotatable bonds is 3. The van der Waals surface area contributed by atoms with E-state index in [-0.39, 0.29) is 5.91 Å². The summed E-state index contributed by atoms with van der Waals surface area (Å²) in [5, 5.41) is 14.1. The maximum atomic E-state index is 12.1. The predicted octanol–water partition coefficient (Wildman–Crippen LogP) is 1.39. The van der Waals surface area contributed by atoms with E-state index in [0.717, 1.165) is 6.42 Å². The molecule has 18 heavy (non-hydrogen) atoms. The number of nitriles is 1. The van der Waals surface area contributed by atoms with Gasteiger partial charge >= 0.3 is 0 Å². The van der Waals surface area contributed by atoms with E-state index in [0.29, 0.717) is 12.3 Å². The molecule has 0 bridgehead atoms. The zero-order valence-corrected chi connectivity index (χ0v) is 10.6. The monoisotopic (exact) mass is 248 g/mol. The van der Waals surface area contributed by atoms with Crippen LogP contribution < -0.4 is 5.73 Å². The smallest absolute Gasteiger partial charge is 0.260 e. The highest BCUT2D eigenvalue weighted by molar-refractivity contribution is 5.84. The summed E-state index contributed by atoms with van der Waals surface area (Å²) in [6.45, 7) is 0. The van der Waals surface area contributed by atoms with Gasteiger partial charge in [0.25, 0.3) is 5.91 Å². The molecule has 1 heterocycles. The van der Waals surface area contributed by atoms with Gasteiger partial charge in [-0.05, 0) is 12.3 Å². The molecule has 2 rings (SSSR count). The highest BCUT2D eigenvalue weighted by Gasteiger charge is 2.31. The Morgan fingerprint density at radius 1 is 1.50 bits per heavy atom. The summed E-state index contributed by atoms with van der Waals surface area (Å²) in [7, 11) is 0. The molecule has 2 aliphatic rings. The molecule has 98 valence electrons. The fourth-order valence-electron chi connectivity index (χ4n) is 2.79. The number of hydrogen-bond donors (Lipinski definition) is 1. The molecule has 1 fully saturated rings. The summed E-state index contributed by atoms with van der Waals surface area (Å²) < 4.78 is 0. The van der Waals surface area contributed by atoms with Gasteiger partial charge in [-0.1, -0.05) is 32.1 Å². The third kappa shape index (κ3) is 2.88. The molecule has 2 atom stereocenters. The number of carbonyl (C=O) groups is 1. The number of hydrazone groups is 1. The molecule has 0 aromatic heterocycles. The molecule has 0 saturated heterocycles. The molecular weight excluding hydrogens is 228 g/mol. The summed E-state index contributed by atoms with van der Waals surface area (Å²) in [6.07, 6.45) is 8.98. The standard InChI is InChI=1S/C13H20N4O/c14-9-11-6-7-16-17(11)13(18)12(15)8-10-4-2-1-3-5-10/h7,10-12H,1-6,8,15H2/t11-,12-/m0/s1. The lowest BCUT2D eigenvalue weighted by Crippen LogP contribution is -2.44. The quantitative estimate of drug-likeness (QED) is 0.819. The predicted molar refractivity (Wildman–Crippen MR) is 68.5 cm³/mol. The highest BCUT2D eigenvalue weighted by Crippen LogP contribution is 2.27. The van der Waals surface area contributed by atoms with Crippen LogP contribution >= 0.6 is 0 Å². The second-order valence-electron chi connectivity index (χ2n) is 5.21. The van der Waals surface area contributed by atoms with Gasteiger partial charge in [-0.2, -0.15) is 10.4 Å². The Kier molecular flexibility index (Phi) is 4.32. The number of nitrogens with zero attached hydrogens (tertiary/aromatic N) is 3. The van der Waals surface area contributed by atoms with Gasteiger partial charge in [0.05, 0.1) is 12.1 Å². The van der Waals surface area contributed by atoms with Crippen LogP contribution in [0.5, 0.6) is 0 Å². The van der Waals surface area contributed by atoms with Crippen LogP contribution in [0.2, 0.25) is 0 Å². The van der Waals surface area contributed by atoms with E-state index in [1.807, 2.05) is 0 Å². The maximum Gasteiger partial charge on any atom is 0.260 e. The normalized spacial score (nSPS) is 26.0. The molecule has 0 aromatic carbocycles. The first-order valence-electron chi connectivity index (χ1n) is 6.73. The second kappa shape index (κ2) is 5.96. The third-order valence-electron chi connectivity index (χ3n) is 3.83. The van der Waals surface area contributed by atoms with Gasteiger partial charge in [0, 0.05) is 12.6 Å². The first kappa shape index (κ1) is 13.0. The minimum absolute atomic E-state index is 0.208. The van der Waals surface area contributed by atoms with E-state index in [1.54, 1.807) is 6.21 Å². The minimum Gasteiger partial charge on any atom is -0.320 e. The Morgan fingerprint density at radius 3 is 2.89 bits per heavy atom. The Balaban J connectivity index is 1.88. The van der Waals surface area contributed by atoms with Crippen LogP contribution in [0.1, 0.15) is 44.9 Å². The summed E-state index contributed by atoms with van der Waals surface area (Å²) in [4.78, 5) is 12.1. The van der Waals surface area contributed by atoms with Crippen LogP contribution in [0, 0.1) is 17.2 Å². The van der Waals surface area contributed by atoms with Crippen molar-refractivity contribution in [2.24, 2.45) is 16.8 Å². The third-order valence-corrected chi connectivity index (χ3v) is 3.83. The van der Waals surface area contributed by atoms with Crippen LogP contribution in [0.25, 0.3) is 0 Å². The molecule has 1 amide bonds. The van der Waals surface area contributed by atoms with E-state index >= 15 is 0 Å². The van der Waals surface area contributed by atoms with Crippen LogP contribution in [0.15, 0.2) is 5.10 Å². The van der Waals surface area contributed by atoms with Crippen molar-refractivity contribution < 1.29 is 4.79 Å². The molecule has 0 unspecified atom stereocenters. The number of hydrogen-bond acceptors (Lipinski definition) is 4. The van der Waals surface area contributed by atoms with Gasteiger partial charge in [-0.3, -0.25) is 4.79 Å². The average Bonchev–Trinajstić information content (AvgIpc) is 2.87. The summed E-state index contributed by atoms with van der Waals surface area (Å²) >= 11 is 0. The van der Waals surface area contributed by atoms with Crippen molar-refractivity contribution in [2.75, 3.05) is 0 Å². The molecule has 0 spiro atoms. The summed E-state index contributed by atoms with van der Waals surface area (Å²) in [6, 6.07) is 1.10. The molecule has 0 radical (unpaired) electrons. The first-order chi connectivity index (χ1) is 8.72. The Morgan fingerprint density at radius 2 is 2.22 bits per heavy atom. The van der Waals surface area contributed by atoms with Gasteiger partial charge in [-0.15, -0.1) is 0 Å². The topological polar surface area (TPSA) is 82.5 Å². The Bertz CT molecular complexity index is 368. The zero-order valence-electron chi connectivity index (χ0n) is 10.6. The van der Waals surface area contributed by atoms with Crippen molar-refractivity contribution in [3.63, 3.8) is 0 Å². The minimum atomic E-state index is -0.515. The lowest BCUT2D eigenvalue weighted by molar-refractivity contribution is -0.133. The van der Waals surface area contributed by atoms with Gasteiger partial charge in [-0.25, -0.2) is 5.01 Å². The van der Waals surface area contributed by atoms with E-state index in [1.165, 1.54) is 37.1 Å². The zero-order chi connectivity index (χ0) is 13.0. The first-order valence-corrected chi connectivity index (χ1v) is 6.73. The van der Waals surface area contributed by atoms with Crippen molar-refractivity contribution in [1.29, 1.82) is 5.26 Å². The molecule has 1 aliphatic heterocycles. The Labute approximate surface area is 108 Å². The average molecular weight is 248 g/mol. The number of nitrogens with two attached hydrogens (primary N) is 1.